The van der Waals surface area contributed by atoms with Crippen molar-refractivity contribution in [3.8, 4) is 0 Å². The average Bonchev–Trinajstić information content (AvgIpc) is 2.45. The van der Waals surface area contributed by atoms with E-state index in [0.29, 0.717) is 10.9 Å². The van der Waals surface area contributed by atoms with Gasteiger partial charge >= 0.3 is 14.2 Å². The van der Waals surface area contributed by atoms with Crippen LogP contribution < -0.4 is 10.9 Å². The normalized spacial score (nSPS) is 11.0. The Labute approximate surface area is 116 Å². The number of benzene rings is 3. The Balaban J connectivity index is 2.36. The van der Waals surface area contributed by atoms with Crippen LogP contribution in [-0.2, 0) is 0 Å². The van der Waals surface area contributed by atoms with Crippen molar-refractivity contribution >= 4 is 46.7 Å². The molecule has 0 bridgehead atoms. The lowest BCUT2D eigenvalue weighted by atomic mass is 9.77. The van der Waals surface area contributed by atoms with Crippen LogP contribution in [0.5, 0.6) is 0 Å². The van der Waals surface area contributed by atoms with E-state index in [1.54, 1.807) is 24.3 Å². The molecule has 4 nitrogen and oxygen atoms in total. The van der Waals surface area contributed by atoms with Gasteiger partial charge in [0.1, 0.15) is 0 Å². The molecule has 0 aromatic heterocycles. The zero-order valence-corrected chi connectivity index (χ0v) is 10.6. The van der Waals surface area contributed by atoms with Crippen LogP contribution in [0, 0.1) is 0 Å². The fraction of sp³-hybridized carbons (Fsp3) is 0. The topological polar surface area (TPSA) is 80.9 Å². The lowest BCUT2D eigenvalue weighted by Crippen LogP contribution is -2.30. The molecule has 0 radical (unpaired) electrons. The van der Waals surface area contributed by atoms with Crippen molar-refractivity contribution in [1.82, 2.24) is 0 Å². The van der Waals surface area contributed by atoms with Gasteiger partial charge in [0.25, 0.3) is 0 Å². The van der Waals surface area contributed by atoms with Crippen molar-refractivity contribution in [2.24, 2.45) is 0 Å². The van der Waals surface area contributed by atoms with Gasteiger partial charge < -0.3 is 20.1 Å². The Morgan fingerprint density at radius 1 is 0.550 bits per heavy atom. The van der Waals surface area contributed by atoms with Crippen LogP contribution in [0.1, 0.15) is 0 Å². The minimum atomic E-state index is -1.53. The first-order chi connectivity index (χ1) is 9.56. The number of hydrogen-bond donors (Lipinski definition) is 4. The highest BCUT2D eigenvalue weighted by atomic mass is 16.4. The van der Waals surface area contributed by atoms with Crippen molar-refractivity contribution in [1.29, 1.82) is 0 Å². The summed E-state index contributed by atoms with van der Waals surface area (Å²) in [6.07, 6.45) is 0. The average molecular weight is 266 g/mol. The van der Waals surface area contributed by atoms with Crippen LogP contribution in [0.2, 0.25) is 0 Å². The summed E-state index contributed by atoms with van der Waals surface area (Å²) >= 11 is 0. The summed E-state index contributed by atoms with van der Waals surface area (Å²) in [5.74, 6) is 0. The van der Waals surface area contributed by atoms with E-state index in [-0.39, 0.29) is 0 Å². The third kappa shape index (κ3) is 2.19. The molecule has 0 fully saturated rings. The largest absolute Gasteiger partial charge is 0.488 e. The van der Waals surface area contributed by atoms with Gasteiger partial charge in [0.05, 0.1) is 0 Å². The molecule has 0 aliphatic rings. The third-order valence-corrected chi connectivity index (χ3v) is 3.48. The highest BCUT2D eigenvalue weighted by Gasteiger charge is 2.14. The Hall–Kier alpha value is -1.85. The fourth-order valence-corrected chi connectivity index (χ4v) is 2.41. The van der Waals surface area contributed by atoms with Gasteiger partial charge in [0.15, 0.2) is 0 Å². The van der Waals surface area contributed by atoms with Crippen LogP contribution >= 0.6 is 0 Å². The summed E-state index contributed by atoms with van der Waals surface area (Å²) < 4.78 is 0. The third-order valence-electron chi connectivity index (χ3n) is 3.48. The number of fused-ring (bicyclic) bond motifs is 3. The molecule has 0 spiro atoms. The molecular formula is C14H12B2O4. The lowest BCUT2D eigenvalue weighted by Gasteiger charge is -2.08. The molecule has 0 amide bonds. The minimum Gasteiger partial charge on any atom is -0.423 e. The zero-order valence-electron chi connectivity index (χ0n) is 10.6. The Morgan fingerprint density at radius 2 is 0.900 bits per heavy atom. The summed E-state index contributed by atoms with van der Waals surface area (Å²) in [6, 6.07) is 14.2. The van der Waals surface area contributed by atoms with Gasteiger partial charge in [0.2, 0.25) is 0 Å². The summed E-state index contributed by atoms with van der Waals surface area (Å²) in [4.78, 5) is 0. The second-order valence-electron chi connectivity index (χ2n) is 4.77. The summed E-state index contributed by atoms with van der Waals surface area (Å²) in [6.45, 7) is 0. The quantitative estimate of drug-likeness (QED) is 0.367. The molecule has 0 aliphatic carbocycles. The van der Waals surface area contributed by atoms with Crippen molar-refractivity contribution in [3.05, 3.63) is 48.5 Å². The first kappa shape index (κ1) is 13.1. The number of hydrogen-bond acceptors (Lipinski definition) is 4. The monoisotopic (exact) mass is 266 g/mol. The molecule has 3 aromatic carbocycles. The van der Waals surface area contributed by atoms with E-state index in [2.05, 4.69) is 0 Å². The first-order valence-corrected chi connectivity index (χ1v) is 6.25. The standard InChI is InChI=1S/C14H12B2O4/c17-15(18)11-5-3-9-1-2-10-4-6-12(16(19)20)8-14(10)13(9)7-11/h1-8,17-20H. The zero-order chi connectivity index (χ0) is 14.3. The van der Waals surface area contributed by atoms with Crippen LogP contribution in [-0.4, -0.2) is 34.3 Å². The van der Waals surface area contributed by atoms with E-state index < -0.39 is 14.2 Å². The van der Waals surface area contributed by atoms with Gasteiger partial charge in [0, 0.05) is 0 Å². The fourth-order valence-electron chi connectivity index (χ4n) is 2.41. The van der Waals surface area contributed by atoms with Crippen molar-refractivity contribution < 1.29 is 20.1 Å². The van der Waals surface area contributed by atoms with Gasteiger partial charge in [-0.15, -0.1) is 0 Å². The van der Waals surface area contributed by atoms with E-state index >= 15 is 0 Å². The van der Waals surface area contributed by atoms with Gasteiger partial charge in [-0.3, -0.25) is 0 Å². The molecule has 0 saturated carbocycles. The Kier molecular flexibility index (Phi) is 3.23. The van der Waals surface area contributed by atoms with Crippen LogP contribution in [0.3, 0.4) is 0 Å². The Bertz CT molecular complexity index is 720. The second-order valence-corrected chi connectivity index (χ2v) is 4.77. The molecule has 0 saturated heterocycles. The summed E-state index contributed by atoms with van der Waals surface area (Å²) in [5, 5.41) is 40.7. The highest BCUT2D eigenvalue weighted by Crippen LogP contribution is 2.23. The summed E-state index contributed by atoms with van der Waals surface area (Å²) in [5.41, 5.74) is 0.805. The van der Waals surface area contributed by atoms with E-state index in [1.165, 1.54) is 0 Å². The molecule has 98 valence electrons. The molecule has 20 heavy (non-hydrogen) atoms. The molecular weight excluding hydrogens is 254 g/mol. The second kappa shape index (κ2) is 4.92. The van der Waals surface area contributed by atoms with Gasteiger partial charge in [-0.1, -0.05) is 48.5 Å². The molecule has 3 aromatic rings. The maximum atomic E-state index is 9.27. The first-order valence-electron chi connectivity index (χ1n) is 6.25. The minimum absolute atomic E-state index is 0.403. The molecule has 0 atom stereocenters. The highest BCUT2D eigenvalue weighted by molar-refractivity contribution is 6.59. The molecule has 3 rings (SSSR count). The maximum absolute atomic E-state index is 9.27. The van der Waals surface area contributed by atoms with E-state index in [0.717, 1.165) is 21.5 Å². The van der Waals surface area contributed by atoms with Crippen molar-refractivity contribution in [2.45, 2.75) is 0 Å². The molecule has 4 N–H and O–H groups in total. The van der Waals surface area contributed by atoms with E-state index in [1.807, 2.05) is 24.3 Å². The van der Waals surface area contributed by atoms with Crippen LogP contribution in [0.15, 0.2) is 48.5 Å². The number of rotatable bonds is 2. The SMILES string of the molecule is OB(O)c1ccc2ccc3ccc(B(O)O)cc3c2c1. The van der Waals surface area contributed by atoms with E-state index in [9.17, 15) is 20.1 Å². The van der Waals surface area contributed by atoms with Gasteiger partial charge in [-0.25, -0.2) is 0 Å². The van der Waals surface area contributed by atoms with Gasteiger partial charge in [-0.05, 0) is 32.5 Å². The summed E-state index contributed by atoms with van der Waals surface area (Å²) in [7, 11) is -3.05. The maximum Gasteiger partial charge on any atom is 0.488 e. The predicted octanol–water partition coefficient (Wildman–Crippen LogP) is -0.647. The molecule has 0 unspecified atom stereocenters. The van der Waals surface area contributed by atoms with Crippen LogP contribution in [0.25, 0.3) is 21.5 Å². The molecule has 6 heteroatoms. The van der Waals surface area contributed by atoms with Crippen LogP contribution in [0.4, 0.5) is 0 Å². The Morgan fingerprint density at radius 3 is 1.25 bits per heavy atom. The van der Waals surface area contributed by atoms with Crippen molar-refractivity contribution in [2.75, 3.05) is 0 Å². The molecule has 0 aliphatic heterocycles. The van der Waals surface area contributed by atoms with Gasteiger partial charge in [-0.2, -0.15) is 0 Å². The van der Waals surface area contributed by atoms with E-state index in [4.69, 9.17) is 0 Å². The smallest absolute Gasteiger partial charge is 0.423 e. The predicted molar refractivity (Wildman–Crippen MR) is 81.1 cm³/mol. The van der Waals surface area contributed by atoms with Crippen molar-refractivity contribution in [3.63, 3.8) is 0 Å². The lowest BCUT2D eigenvalue weighted by molar-refractivity contribution is 0.424. The molecule has 0 heterocycles.